The van der Waals surface area contributed by atoms with Gasteiger partial charge in [-0.2, -0.15) is 0 Å². The summed E-state index contributed by atoms with van der Waals surface area (Å²) in [6, 6.07) is 0. The number of esters is 1. The van der Waals surface area contributed by atoms with Crippen LogP contribution >= 0.6 is 33.9 Å². The summed E-state index contributed by atoms with van der Waals surface area (Å²) in [4.78, 5) is 26.5. The van der Waals surface area contributed by atoms with Crippen LogP contribution in [0.25, 0.3) is 0 Å². The molecule has 0 amide bonds. The summed E-state index contributed by atoms with van der Waals surface area (Å²) in [6.45, 7) is 1.43. The average molecular weight is 463 g/mol. The number of fused-ring (bicyclic) bond motifs is 1. The summed E-state index contributed by atoms with van der Waals surface area (Å²) in [5.41, 5.74) is 0.0654. The van der Waals surface area contributed by atoms with E-state index in [9.17, 15) is 9.59 Å². The lowest BCUT2D eigenvalue weighted by molar-refractivity contribution is -0.147. The second-order valence-corrected chi connectivity index (χ2v) is 7.67. The number of thiazole rings is 1. The number of halogens is 1. The van der Waals surface area contributed by atoms with Gasteiger partial charge in [0.15, 0.2) is 5.69 Å². The summed E-state index contributed by atoms with van der Waals surface area (Å²) in [7, 11) is 0. The van der Waals surface area contributed by atoms with Gasteiger partial charge in [-0.25, -0.2) is 9.78 Å². The van der Waals surface area contributed by atoms with Gasteiger partial charge in [-0.15, -0.1) is 11.3 Å². The van der Waals surface area contributed by atoms with Crippen molar-refractivity contribution >= 4 is 45.9 Å². The molecule has 3 rings (SSSR count). The number of aromatic carboxylic acids is 1. The highest BCUT2D eigenvalue weighted by Crippen LogP contribution is 2.47. The van der Waals surface area contributed by atoms with Gasteiger partial charge in [-0.3, -0.25) is 4.79 Å². The van der Waals surface area contributed by atoms with Gasteiger partial charge in [0.2, 0.25) is 0 Å². The molecule has 0 unspecified atom stereocenters. The smallest absolute Gasteiger partial charge is 0.355 e. The van der Waals surface area contributed by atoms with Crippen LogP contribution in [0.2, 0.25) is 0 Å². The van der Waals surface area contributed by atoms with E-state index in [0.717, 1.165) is 12.8 Å². The van der Waals surface area contributed by atoms with Crippen LogP contribution in [0, 0.1) is 11.8 Å². The first-order valence-corrected chi connectivity index (χ1v) is 9.90. The highest BCUT2D eigenvalue weighted by molar-refractivity contribution is 14.1. The molecule has 1 aromatic heterocycles. The minimum absolute atomic E-state index is 0.00266. The Morgan fingerprint density at radius 1 is 1.50 bits per heavy atom. The van der Waals surface area contributed by atoms with E-state index in [2.05, 4.69) is 33.7 Å². The largest absolute Gasteiger partial charge is 0.476 e. The third-order valence-corrected chi connectivity index (χ3v) is 5.95. The maximum absolute atomic E-state index is 11.4. The molecule has 2 heterocycles. The van der Waals surface area contributed by atoms with Gasteiger partial charge in [-0.05, 0) is 22.8 Å². The van der Waals surface area contributed by atoms with Crippen LogP contribution in [-0.2, 0) is 14.3 Å². The molecule has 130 valence electrons. The van der Waals surface area contributed by atoms with E-state index in [1.165, 1.54) is 18.3 Å². The van der Waals surface area contributed by atoms with Crippen molar-refractivity contribution in [3.63, 3.8) is 0 Å². The van der Waals surface area contributed by atoms with Crippen LogP contribution in [-0.4, -0.2) is 34.2 Å². The zero-order chi connectivity index (χ0) is 17.3. The normalized spacial score (nSPS) is 32.7. The van der Waals surface area contributed by atoms with E-state index < -0.39 is 5.97 Å². The van der Waals surface area contributed by atoms with Gasteiger partial charge in [0.05, 0.1) is 6.10 Å². The Kier molecular flexibility index (Phi) is 5.56. The van der Waals surface area contributed by atoms with E-state index in [4.69, 9.17) is 14.6 Å². The molecule has 2 fully saturated rings. The fraction of sp³-hybridized carbons (Fsp3) is 0.562. The van der Waals surface area contributed by atoms with Gasteiger partial charge in [0, 0.05) is 24.6 Å². The summed E-state index contributed by atoms with van der Waals surface area (Å²) in [5, 5.41) is 11.3. The van der Waals surface area contributed by atoms with Gasteiger partial charge >= 0.3 is 11.9 Å². The number of carbonyl (C=O) groups excluding carboxylic acids is 1. The van der Waals surface area contributed by atoms with Crippen LogP contribution in [0.15, 0.2) is 15.5 Å². The van der Waals surface area contributed by atoms with Crippen molar-refractivity contribution in [2.75, 3.05) is 0 Å². The molecule has 1 aliphatic carbocycles. The van der Waals surface area contributed by atoms with Crippen LogP contribution < -0.4 is 0 Å². The molecule has 0 spiro atoms. The Morgan fingerprint density at radius 2 is 2.29 bits per heavy atom. The Labute approximate surface area is 157 Å². The second kappa shape index (κ2) is 7.49. The zero-order valence-electron chi connectivity index (χ0n) is 13.1. The fourth-order valence-corrected chi connectivity index (χ4v) is 4.99. The molecular formula is C16H18INO5S. The number of hydrogen-bond donors (Lipinski definition) is 1. The molecule has 6 nitrogen and oxygen atoms in total. The van der Waals surface area contributed by atoms with Crippen LogP contribution in [0.3, 0.4) is 0 Å². The summed E-state index contributed by atoms with van der Waals surface area (Å²) in [6.07, 6.45) is 4.17. The molecule has 5 atom stereocenters. The molecule has 8 heteroatoms. The first kappa shape index (κ1) is 17.8. The van der Waals surface area contributed by atoms with Crippen LogP contribution in [0.5, 0.6) is 0 Å². The standard InChI is InChI=1S/C16H18INO5S/c1-8(19)22-13-6-14-9(10(13)4-5-17)2-3-12(23-14)15-18-11(7-24-15)16(20)21/h4-5,7,9-10,12-14H,2-3,6H2,1H3,(H,20,21)/b5-4+/t9-,10-,12-,13-,14+/m1/s1. The molecule has 1 N–H and O–H groups in total. The molecule has 0 radical (unpaired) electrons. The summed E-state index contributed by atoms with van der Waals surface area (Å²) in [5.74, 6) is -0.805. The predicted molar refractivity (Wildman–Crippen MR) is 96.2 cm³/mol. The SMILES string of the molecule is CC(=O)O[C@@H]1C[C@@H]2O[C@@H](c3nc(C(=O)O)cs3)CC[C@@H]2[C@H]1/C=C/I. The summed E-state index contributed by atoms with van der Waals surface area (Å²) >= 11 is 3.50. The number of carbonyl (C=O) groups is 2. The van der Waals surface area contributed by atoms with Crippen molar-refractivity contribution in [1.29, 1.82) is 0 Å². The average Bonchev–Trinajstić information content (AvgIpc) is 3.12. The Hall–Kier alpha value is -1.00. The monoisotopic (exact) mass is 463 g/mol. The molecule has 1 aliphatic heterocycles. The van der Waals surface area contributed by atoms with Crippen molar-refractivity contribution in [3.8, 4) is 0 Å². The van der Waals surface area contributed by atoms with E-state index in [-0.39, 0.29) is 35.9 Å². The molecule has 1 saturated carbocycles. The van der Waals surface area contributed by atoms with E-state index >= 15 is 0 Å². The molecule has 24 heavy (non-hydrogen) atoms. The van der Waals surface area contributed by atoms with Gasteiger partial charge in [0.25, 0.3) is 0 Å². The highest BCUT2D eigenvalue weighted by Gasteiger charge is 2.47. The number of ether oxygens (including phenoxy) is 2. The van der Waals surface area contributed by atoms with E-state index in [0.29, 0.717) is 17.3 Å². The first-order chi connectivity index (χ1) is 11.5. The number of carboxylic acid groups (broad SMARTS) is 1. The van der Waals surface area contributed by atoms with Gasteiger partial charge in [-0.1, -0.05) is 28.7 Å². The number of aromatic nitrogens is 1. The van der Waals surface area contributed by atoms with Crippen molar-refractivity contribution in [2.24, 2.45) is 11.8 Å². The van der Waals surface area contributed by atoms with E-state index in [1.54, 1.807) is 5.38 Å². The minimum atomic E-state index is -1.02. The zero-order valence-corrected chi connectivity index (χ0v) is 16.0. The van der Waals surface area contributed by atoms with Crippen molar-refractivity contribution < 1.29 is 24.2 Å². The van der Waals surface area contributed by atoms with Crippen LogP contribution in [0.1, 0.15) is 47.8 Å². The van der Waals surface area contributed by atoms with E-state index in [1.807, 2.05) is 4.08 Å². The summed E-state index contributed by atoms with van der Waals surface area (Å²) < 4.78 is 13.7. The van der Waals surface area contributed by atoms with Gasteiger partial charge in [0.1, 0.15) is 17.2 Å². The number of rotatable bonds is 4. The topological polar surface area (TPSA) is 85.7 Å². The van der Waals surface area contributed by atoms with Crippen molar-refractivity contribution in [2.45, 2.75) is 44.5 Å². The lowest BCUT2D eigenvalue weighted by Crippen LogP contribution is -2.30. The molecular weight excluding hydrogens is 445 g/mol. The number of nitrogens with zero attached hydrogens (tertiary/aromatic N) is 1. The minimum Gasteiger partial charge on any atom is -0.476 e. The first-order valence-electron chi connectivity index (χ1n) is 7.78. The van der Waals surface area contributed by atoms with Crippen LogP contribution in [0.4, 0.5) is 0 Å². The molecule has 1 aromatic rings. The predicted octanol–water partition coefficient (Wildman–Crippen LogP) is 3.58. The lowest BCUT2D eigenvalue weighted by Gasteiger charge is -2.33. The Balaban J connectivity index is 1.73. The second-order valence-electron chi connectivity index (χ2n) is 6.06. The molecule has 1 saturated heterocycles. The number of hydrogen-bond acceptors (Lipinski definition) is 6. The molecule has 0 aromatic carbocycles. The Bertz CT molecular complexity index is 661. The maximum atomic E-state index is 11.4. The Morgan fingerprint density at radius 3 is 2.92 bits per heavy atom. The van der Waals surface area contributed by atoms with Crippen molar-refractivity contribution in [1.82, 2.24) is 4.98 Å². The van der Waals surface area contributed by atoms with Gasteiger partial charge < -0.3 is 14.6 Å². The van der Waals surface area contributed by atoms with Crippen molar-refractivity contribution in [3.05, 3.63) is 26.2 Å². The third kappa shape index (κ3) is 3.65. The maximum Gasteiger partial charge on any atom is 0.355 e. The molecule has 0 bridgehead atoms. The lowest BCUT2D eigenvalue weighted by atomic mass is 9.86. The molecule has 2 aliphatic rings. The quantitative estimate of drug-likeness (QED) is 0.543. The number of carboxylic acids is 1. The highest BCUT2D eigenvalue weighted by atomic mass is 127. The third-order valence-electron chi connectivity index (χ3n) is 4.60. The fourth-order valence-electron chi connectivity index (χ4n) is 3.65.